The van der Waals surface area contributed by atoms with Gasteiger partial charge in [-0.3, -0.25) is 0 Å². The minimum atomic E-state index is -0.102. The molecule has 2 unspecified atom stereocenters. The number of halogens is 1. The van der Waals surface area contributed by atoms with E-state index in [1.165, 1.54) is 31.2 Å². The normalized spacial score (nSPS) is 52.0. The molecule has 2 saturated carbocycles. The number of rotatable bonds is 5. The Labute approximate surface area is 201 Å². The van der Waals surface area contributed by atoms with Crippen molar-refractivity contribution in [1.82, 2.24) is 0 Å². The van der Waals surface area contributed by atoms with E-state index in [0.717, 1.165) is 17.3 Å². The van der Waals surface area contributed by atoms with E-state index in [4.69, 9.17) is 14.2 Å². The van der Waals surface area contributed by atoms with Gasteiger partial charge in [0.1, 0.15) is 11.2 Å². The lowest BCUT2D eigenvalue weighted by Gasteiger charge is -2.65. The molecular formula is C27H37IO3. The van der Waals surface area contributed by atoms with Crippen molar-refractivity contribution < 1.29 is 14.2 Å². The van der Waals surface area contributed by atoms with Crippen LogP contribution < -0.4 is 0 Å². The van der Waals surface area contributed by atoms with Crippen LogP contribution in [0.3, 0.4) is 0 Å². The molecule has 0 amide bonds. The maximum Gasteiger partial charge on any atom is 0.133 e. The molecular weight excluding hydrogens is 499 g/mol. The van der Waals surface area contributed by atoms with Crippen LogP contribution in [0.15, 0.2) is 30.3 Å². The third kappa shape index (κ3) is 2.52. The quantitative estimate of drug-likeness (QED) is 0.326. The number of hydrogen-bond acceptors (Lipinski definition) is 3. The van der Waals surface area contributed by atoms with Crippen LogP contribution in [0.1, 0.15) is 71.8 Å². The summed E-state index contributed by atoms with van der Waals surface area (Å²) in [6.07, 6.45) is 7.38. The molecule has 0 N–H and O–H groups in total. The standard InChI is InChI=1S/C27H37IO3/c1-18(2)25(29-16-19-8-6-5-7-9-19)13-12-23(3)14-21-24(4)11-10-22-27(17-28,31-24)26(21,30-22)15-20(23)25/h5-9,18,20-22H,10-17H2,1-4H3/t20-,21-,22+,23-,24?,25-,26-,27?/m1/s1. The van der Waals surface area contributed by atoms with Crippen LogP contribution in [0.4, 0.5) is 0 Å². The van der Waals surface area contributed by atoms with Crippen LogP contribution in [-0.2, 0) is 20.8 Å². The van der Waals surface area contributed by atoms with Gasteiger partial charge in [-0.15, -0.1) is 0 Å². The minimum absolute atomic E-state index is 0.0138. The van der Waals surface area contributed by atoms with Gasteiger partial charge >= 0.3 is 0 Å². The van der Waals surface area contributed by atoms with Crippen molar-refractivity contribution in [3.63, 3.8) is 0 Å². The summed E-state index contributed by atoms with van der Waals surface area (Å²) in [4.78, 5) is 0. The van der Waals surface area contributed by atoms with Crippen LogP contribution in [0.2, 0.25) is 0 Å². The average Bonchev–Trinajstić information content (AvgIpc) is 3.04. The summed E-state index contributed by atoms with van der Waals surface area (Å²) in [5.74, 6) is 1.53. The third-order valence-corrected chi connectivity index (χ3v) is 11.6. The summed E-state index contributed by atoms with van der Waals surface area (Å²) >= 11 is 2.58. The number of ether oxygens (including phenoxy) is 3. The Hall–Kier alpha value is -0.170. The summed E-state index contributed by atoms with van der Waals surface area (Å²) in [6, 6.07) is 10.7. The molecule has 1 spiro atoms. The van der Waals surface area contributed by atoms with Crippen LogP contribution in [0.5, 0.6) is 0 Å². The molecule has 6 rings (SSSR count). The second-order valence-electron chi connectivity index (χ2n) is 12.0. The Balaban J connectivity index is 1.37. The first-order valence-electron chi connectivity index (χ1n) is 12.4. The fraction of sp³-hybridized carbons (Fsp3) is 0.778. The van der Waals surface area contributed by atoms with Crippen LogP contribution in [-0.4, -0.2) is 32.9 Å². The van der Waals surface area contributed by atoms with Gasteiger partial charge in [0, 0.05) is 10.3 Å². The van der Waals surface area contributed by atoms with Crippen LogP contribution in [0.25, 0.3) is 0 Å². The monoisotopic (exact) mass is 536 g/mol. The first-order chi connectivity index (χ1) is 14.7. The molecule has 2 aliphatic carbocycles. The van der Waals surface area contributed by atoms with Crippen molar-refractivity contribution in [3.8, 4) is 0 Å². The molecule has 2 bridgehead atoms. The lowest BCUT2D eigenvalue weighted by molar-refractivity contribution is -0.358. The highest BCUT2D eigenvalue weighted by atomic mass is 127. The number of hydrogen-bond donors (Lipinski definition) is 0. The van der Waals surface area contributed by atoms with Crippen molar-refractivity contribution in [2.45, 2.75) is 101 Å². The molecule has 3 nitrogen and oxygen atoms in total. The van der Waals surface area contributed by atoms with E-state index >= 15 is 0 Å². The Kier molecular flexibility index (Phi) is 4.62. The van der Waals surface area contributed by atoms with E-state index in [1.807, 2.05) is 0 Å². The maximum absolute atomic E-state index is 7.02. The second-order valence-corrected chi connectivity index (χ2v) is 12.8. The molecule has 3 aliphatic heterocycles. The molecule has 3 heterocycles. The van der Waals surface area contributed by atoms with Crippen molar-refractivity contribution in [3.05, 3.63) is 35.9 Å². The van der Waals surface area contributed by atoms with Gasteiger partial charge < -0.3 is 14.2 Å². The van der Waals surface area contributed by atoms with Gasteiger partial charge in [-0.2, -0.15) is 0 Å². The highest BCUT2D eigenvalue weighted by molar-refractivity contribution is 14.1. The van der Waals surface area contributed by atoms with Crippen molar-refractivity contribution in [1.29, 1.82) is 0 Å². The molecule has 3 saturated heterocycles. The maximum atomic E-state index is 7.02. The van der Waals surface area contributed by atoms with Gasteiger partial charge in [0.15, 0.2) is 0 Å². The molecule has 1 aromatic carbocycles. The zero-order chi connectivity index (χ0) is 21.7. The van der Waals surface area contributed by atoms with E-state index in [1.54, 1.807) is 0 Å². The van der Waals surface area contributed by atoms with Crippen LogP contribution in [0, 0.1) is 23.2 Å². The zero-order valence-electron chi connectivity index (χ0n) is 19.5. The lowest BCUT2D eigenvalue weighted by atomic mass is 9.50. The van der Waals surface area contributed by atoms with E-state index in [-0.39, 0.29) is 22.4 Å². The largest absolute Gasteiger partial charge is 0.370 e. The van der Waals surface area contributed by atoms with E-state index in [0.29, 0.717) is 35.9 Å². The van der Waals surface area contributed by atoms with Gasteiger partial charge in [0.05, 0.1) is 23.9 Å². The summed E-state index contributed by atoms with van der Waals surface area (Å²) in [6.45, 7) is 10.4. The highest BCUT2D eigenvalue weighted by Crippen LogP contribution is 2.76. The number of benzene rings is 1. The van der Waals surface area contributed by atoms with Crippen molar-refractivity contribution in [2.24, 2.45) is 23.2 Å². The SMILES string of the molecule is CC(C)[C@]1(OCc2ccccc2)CC[C@]2(C)C[C@@H]3C4(C)CC[C@@H]5O[C@@]3(C[C@H]21)C5(CI)O4. The van der Waals surface area contributed by atoms with Gasteiger partial charge in [-0.05, 0) is 68.3 Å². The molecule has 31 heavy (non-hydrogen) atoms. The van der Waals surface area contributed by atoms with Gasteiger partial charge in [-0.25, -0.2) is 0 Å². The number of fused-ring (bicyclic) bond motifs is 3. The molecule has 4 heteroatoms. The van der Waals surface area contributed by atoms with E-state index < -0.39 is 0 Å². The Morgan fingerprint density at radius 3 is 2.55 bits per heavy atom. The summed E-state index contributed by atoms with van der Waals surface area (Å²) in [5.41, 5.74) is 1.32. The Morgan fingerprint density at radius 1 is 1.06 bits per heavy atom. The Morgan fingerprint density at radius 2 is 1.84 bits per heavy atom. The predicted octanol–water partition coefficient (Wildman–Crippen LogP) is 6.32. The molecule has 8 atom stereocenters. The molecule has 5 aliphatic rings. The predicted molar refractivity (Wildman–Crippen MR) is 130 cm³/mol. The summed E-state index contributed by atoms with van der Waals surface area (Å²) in [7, 11) is 0. The van der Waals surface area contributed by atoms with Gasteiger partial charge in [-0.1, -0.05) is 73.7 Å². The molecule has 1 aromatic rings. The molecule has 170 valence electrons. The van der Waals surface area contributed by atoms with Crippen LogP contribution >= 0.6 is 22.6 Å². The topological polar surface area (TPSA) is 27.7 Å². The Bertz CT molecular complexity index is 874. The molecule has 0 radical (unpaired) electrons. The summed E-state index contributed by atoms with van der Waals surface area (Å²) < 4.78 is 22.0. The first kappa shape index (κ1) is 21.4. The van der Waals surface area contributed by atoms with E-state index in [2.05, 4.69) is 80.6 Å². The van der Waals surface area contributed by atoms with Gasteiger partial charge in [0.2, 0.25) is 0 Å². The average molecular weight is 536 g/mol. The molecule has 5 fully saturated rings. The van der Waals surface area contributed by atoms with Gasteiger partial charge in [0.25, 0.3) is 0 Å². The fourth-order valence-corrected chi connectivity index (χ4v) is 10.0. The number of alkyl halides is 1. The second kappa shape index (κ2) is 6.70. The highest BCUT2D eigenvalue weighted by Gasteiger charge is 2.84. The zero-order valence-corrected chi connectivity index (χ0v) is 21.6. The summed E-state index contributed by atoms with van der Waals surface area (Å²) in [5, 5.41) is 0. The first-order valence-corrected chi connectivity index (χ1v) is 13.9. The smallest absolute Gasteiger partial charge is 0.133 e. The molecule has 0 aromatic heterocycles. The van der Waals surface area contributed by atoms with Crippen molar-refractivity contribution in [2.75, 3.05) is 4.43 Å². The van der Waals surface area contributed by atoms with Crippen molar-refractivity contribution >= 4 is 22.6 Å². The minimum Gasteiger partial charge on any atom is -0.370 e. The van der Waals surface area contributed by atoms with E-state index in [9.17, 15) is 0 Å². The third-order valence-electron chi connectivity index (χ3n) is 10.4. The fourth-order valence-electron chi connectivity index (χ4n) is 8.75. The lowest BCUT2D eigenvalue weighted by Crippen LogP contribution is -2.77.